The van der Waals surface area contributed by atoms with E-state index < -0.39 is 0 Å². The van der Waals surface area contributed by atoms with Crippen LogP contribution >= 0.6 is 39.9 Å². The summed E-state index contributed by atoms with van der Waals surface area (Å²) in [5.74, 6) is 2.24. The number of ether oxygens (including phenoxy) is 3. The predicted molar refractivity (Wildman–Crippen MR) is 128 cm³/mol. The Labute approximate surface area is 194 Å². The zero-order valence-electron chi connectivity index (χ0n) is 17.3. The predicted octanol–water partition coefficient (Wildman–Crippen LogP) is 4.35. The van der Waals surface area contributed by atoms with Gasteiger partial charge in [0.05, 0.1) is 20.8 Å². The van der Waals surface area contributed by atoms with Gasteiger partial charge >= 0.3 is 0 Å². The van der Waals surface area contributed by atoms with Crippen LogP contribution < -0.4 is 20.1 Å². The van der Waals surface area contributed by atoms with Crippen molar-refractivity contribution in [2.75, 3.05) is 41.0 Å². The molecule has 0 heterocycles. The minimum Gasteiger partial charge on any atom is -0.493 e. The molecule has 6 nitrogen and oxygen atoms in total. The molecule has 1 saturated carbocycles. The van der Waals surface area contributed by atoms with Gasteiger partial charge in [-0.2, -0.15) is 0 Å². The second kappa shape index (κ2) is 12.7. The molecule has 0 aromatic heterocycles. The zero-order valence-corrected chi connectivity index (χ0v) is 21.2. The van der Waals surface area contributed by atoms with E-state index in [-0.39, 0.29) is 24.0 Å². The smallest absolute Gasteiger partial charge is 0.191 e. The molecule has 0 saturated heterocycles. The third-order valence-corrected chi connectivity index (χ3v) is 5.92. The Morgan fingerprint density at radius 1 is 1.14 bits per heavy atom. The minimum absolute atomic E-state index is 0. The van der Waals surface area contributed by atoms with Crippen LogP contribution in [0.2, 0.25) is 0 Å². The molecule has 2 N–H and O–H groups in total. The molecular weight excluding hydrogens is 537 g/mol. The van der Waals surface area contributed by atoms with Gasteiger partial charge in [-0.25, -0.2) is 4.99 Å². The maximum atomic E-state index is 5.40. The van der Waals surface area contributed by atoms with Crippen LogP contribution in [-0.4, -0.2) is 47.0 Å². The van der Waals surface area contributed by atoms with E-state index >= 15 is 0 Å². The summed E-state index contributed by atoms with van der Waals surface area (Å²) in [5.41, 5.74) is 1.39. The van der Waals surface area contributed by atoms with Crippen molar-refractivity contribution in [3.05, 3.63) is 22.2 Å². The lowest BCUT2D eigenvalue weighted by Gasteiger charge is -2.42. The summed E-state index contributed by atoms with van der Waals surface area (Å²) in [4.78, 5) is 4.75. The maximum absolute atomic E-state index is 5.40. The van der Waals surface area contributed by atoms with Crippen LogP contribution in [0.15, 0.2) is 21.6 Å². The topological polar surface area (TPSA) is 64.1 Å². The highest BCUT2D eigenvalue weighted by Gasteiger charge is 2.36. The highest BCUT2D eigenvalue weighted by Crippen LogP contribution is 2.43. The number of methoxy groups -OCH3 is 3. The monoisotopic (exact) mass is 569 g/mol. The number of benzene rings is 1. The lowest BCUT2D eigenvalue weighted by Crippen LogP contribution is -2.46. The van der Waals surface area contributed by atoms with Crippen molar-refractivity contribution in [1.82, 2.24) is 10.6 Å². The van der Waals surface area contributed by atoms with Crippen molar-refractivity contribution < 1.29 is 14.2 Å². The lowest BCUT2D eigenvalue weighted by atomic mass is 9.67. The number of guanidine groups is 1. The van der Waals surface area contributed by atoms with Gasteiger partial charge in [0.2, 0.25) is 0 Å². The molecular formula is C20H33BrIN3O3. The van der Waals surface area contributed by atoms with E-state index in [0.717, 1.165) is 42.1 Å². The van der Waals surface area contributed by atoms with Crippen LogP contribution in [0.1, 0.15) is 38.2 Å². The first kappa shape index (κ1) is 25.3. The fraction of sp³-hybridized carbons (Fsp3) is 0.650. The largest absolute Gasteiger partial charge is 0.493 e. The molecule has 0 atom stereocenters. The normalized spacial score (nSPS) is 15.2. The Morgan fingerprint density at radius 3 is 2.36 bits per heavy atom. The van der Waals surface area contributed by atoms with E-state index in [1.165, 1.54) is 19.3 Å². The first-order valence-electron chi connectivity index (χ1n) is 9.49. The average molecular weight is 570 g/mol. The molecule has 2 rings (SSSR count). The molecule has 1 aromatic carbocycles. The van der Waals surface area contributed by atoms with E-state index in [4.69, 9.17) is 19.2 Å². The fourth-order valence-electron chi connectivity index (χ4n) is 3.31. The van der Waals surface area contributed by atoms with Gasteiger partial charge < -0.3 is 24.8 Å². The molecule has 0 bridgehead atoms. The lowest BCUT2D eigenvalue weighted by molar-refractivity contribution is 0.0732. The van der Waals surface area contributed by atoms with Gasteiger partial charge in [0.25, 0.3) is 0 Å². The highest BCUT2D eigenvalue weighted by atomic mass is 127. The second-order valence-electron chi connectivity index (χ2n) is 6.94. The van der Waals surface area contributed by atoms with Gasteiger partial charge in [0, 0.05) is 31.3 Å². The molecule has 28 heavy (non-hydrogen) atoms. The number of aliphatic imine (C=N–C) groups is 1. The van der Waals surface area contributed by atoms with Gasteiger partial charge in [0.1, 0.15) is 0 Å². The second-order valence-corrected chi connectivity index (χ2v) is 7.80. The van der Waals surface area contributed by atoms with Crippen LogP contribution in [0.25, 0.3) is 0 Å². The Balaban J connectivity index is 0.00000392. The number of nitrogens with one attached hydrogen (secondary N) is 2. The van der Waals surface area contributed by atoms with Crippen molar-refractivity contribution in [3.63, 3.8) is 0 Å². The van der Waals surface area contributed by atoms with Gasteiger partial charge in [-0.1, -0.05) is 22.4 Å². The average Bonchev–Trinajstić information content (AvgIpc) is 2.65. The summed E-state index contributed by atoms with van der Waals surface area (Å²) in [7, 11) is 5.05. The summed E-state index contributed by atoms with van der Waals surface area (Å²) in [6.45, 7) is 5.18. The van der Waals surface area contributed by atoms with Crippen molar-refractivity contribution >= 4 is 45.9 Å². The van der Waals surface area contributed by atoms with Crippen LogP contribution in [0, 0.1) is 5.41 Å². The molecule has 1 aliphatic rings. The number of halogens is 2. The summed E-state index contributed by atoms with van der Waals surface area (Å²) in [6, 6.07) is 3.88. The van der Waals surface area contributed by atoms with Crippen molar-refractivity contribution in [3.8, 4) is 11.5 Å². The molecule has 0 spiro atoms. The van der Waals surface area contributed by atoms with Crippen molar-refractivity contribution in [1.29, 1.82) is 0 Å². The van der Waals surface area contributed by atoms with Gasteiger partial charge in [-0.15, -0.1) is 24.0 Å². The van der Waals surface area contributed by atoms with Crippen LogP contribution in [-0.2, 0) is 11.3 Å². The maximum Gasteiger partial charge on any atom is 0.191 e. The third-order valence-electron chi connectivity index (χ3n) is 5.19. The van der Waals surface area contributed by atoms with Gasteiger partial charge in [0.15, 0.2) is 17.5 Å². The van der Waals surface area contributed by atoms with E-state index in [1.54, 1.807) is 21.3 Å². The van der Waals surface area contributed by atoms with Gasteiger partial charge in [-0.3, -0.25) is 0 Å². The molecule has 1 aromatic rings. The summed E-state index contributed by atoms with van der Waals surface area (Å²) in [5, 5.41) is 6.86. The highest BCUT2D eigenvalue weighted by molar-refractivity contribution is 14.0. The Kier molecular flexibility index (Phi) is 11.5. The Morgan fingerprint density at radius 2 is 1.82 bits per heavy atom. The standard InChI is InChI=1S/C20H32BrN3O3.HI/c1-5-22-19(24-14-20(7-6-8-20)9-10-25-2)23-13-15-11-17(26-3)18(27-4)12-16(15)21;/h11-12H,5-10,13-14H2,1-4H3,(H2,22,23,24);1H. The third kappa shape index (κ3) is 6.95. The molecule has 0 radical (unpaired) electrons. The summed E-state index contributed by atoms with van der Waals surface area (Å²) >= 11 is 3.60. The van der Waals surface area contributed by atoms with Crippen molar-refractivity contribution in [2.45, 2.75) is 39.2 Å². The summed E-state index contributed by atoms with van der Waals surface area (Å²) in [6.07, 6.45) is 4.91. The fourth-order valence-corrected chi connectivity index (χ4v) is 3.75. The number of hydrogen-bond acceptors (Lipinski definition) is 4. The van der Waals surface area contributed by atoms with E-state index in [0.29, 0.717) is 23.5 Å². The molecule has 160 valence electrons. The number of nitrogens with zero attached hydrogens (tertiary/aromatic N) is 1. The van der Waals surface area contributed by atoms with Crippen LogP contribution in [0.5, 0.6) is 11.5 Å². The first-order chi connectivity index (χ1) is 13.1. The van der Waals surface area contributed by atoms with E-state index in [9.17, 15) is 0 Å². The number of hydrogen-bond donors (Lipinski definition) is 2. The summed E-state index contributed by atoms with van der Waals surface area (Å²) < 4.78 is 17.0. The molecule has 8 heteroatoms. The minimum atomic E-state index is 0. The SMILES string of the molecule is CCNC(=NCc1cc(OC)c(OC)cc1Br)NCC1(CCOC)CCC1.I. The Bertz CT molecular complexity index is 639. The molecule has 1 aliphatic carbocycles. The first-order valence-corrected chi connectivity index (χ1v) is 10.3. The van der Waals surface area contributed by atoms with Crippen LogP contribution in [0.3, 0.4) is 0 Å². The van der Waals surface area contributed by atoms with Crippen molar-refractivity contribution in [2.24, 2.45) is 10.4 Å². The number of rotatable bonds is 10. The zero-order chi connectivity index (χ0) is 19.7. The van der Waals surface area contributed by atoms with Crippen LogP contribution in [0.4, 0.5) is 0 Å². The Hall–Kier alpha value is -0.740. The quantitative estimate of drug-likeness (QED) is 0.249. The van der Waals surface area contributed by atoms with E-state index in [1.807, 2.05) is 12.1 Å². The molecule has 1 fully saturated rings. The van der Waals surface area contributed by atoms with E-state index in [2.05, 4.69) is 33.5 Å². The molecule has 0 unspecified atom stereocenters. The van der Waals surface area contributed by atoms with Gasteiger partial charge in [-0.05, 0) is 49.3 Å². The molecule has 0 amide bonds. The molecule has 0 aliphatic heterocycles.